The molecule has 0 aromatic rings. The van der Waals surface area contributed by atoms with Crippen molar-refractivity contribution in [3.05, 3.63) is 36.0 Å². The van der Waals surface area contributed by atoms with Crippen LogP contribution in [0, 0.1) is 0 Å². The van der Waals surface area contributed by atoms with Gasteiger partial charge in [-0.2, -0.15) is 0 Å². The van der Waals surface area contributed by atoms with Crippen LogP contribution in [0.5, 0.6) is 0 Å². The Hall–Kier alpha value is -1.64. The Labute approximate surface area is 83.8 Å². The first-order valence-electron chi connectivity index (χ1n) is 4.46. The Morgan fingerprint density at radius 3 is 2.07 bits per heavy atom. The predicted molar refractivity (Wildman–Crippen MR) is 54.5 cm³/mol. The molecular formula is C11H14O3. The highest BCUT2D eigenvalue weighted by atomic mass is 16.6. The maximum Gasteiger partial charge on any atom is 0.346 e. The van der Waals surface area contributed by atoms with Crippen molar-refractivity contribution in [2.75, 3.05) is 0 Å². The van der Waals surface area contributed by atoms with Gasteiger partial charge in [0.2, 0.25) is 0 Å². The van der Waals surface area contributed by atoms with E-state index in [1.165, 1.54) is 12.2 Å². The number of cyclic esters (lactones) is 2. The molecular weight excluding hydrogens is 180 g/mol. The number of esters is 2. The molecule has 0 unspecified atom stereocenters. The zero-order valence-corrected chi connectivity index (χ0v) is 8.66. The minimum absolute atomic E-state index is 0.275. The summed E-state index contributed by atoms with van der Waals surface area (Å²) in [7, 11) is 0. The summed E-state index contributed by atoms with van der Waals surface area (Å²) >= 11 is 0. The van der Waals surface area contributed by atoms with Gasteiger partial charge in [-0.05, 0) is 13.0 Å². The van der Waals surface area contributed by atoms with E-state index in [2.05, 4.69) is 11.3 Å². The largest absolute Gasteiger partial charge is 0.386 e. The zero-order chi connectivity index (χ0) is 11.1. The third-order valence-electron chi connectivity index (χ3n) is 1.49. The number of hydrogen-bond donors (Lipinski definition) is 0. The van der Waals surface area contributed by atoms with Crippen molar-refractivity contribution in [1.82, 2.24) is 0 Å². The lowest BCUT2D eigenvalue weighted by Crippen LogP contribution is -1.96. The molecule has 1 fully saturated rings. The number of ether oxygens (including phenoxy) is 1. The summed E-state index contributed by atoms with van der Waals surface area (Å²) in [4.78, 5) is 21.9. The molecule has 1 aliphatic heterocycles. The Kier molecular flexibility index (Phi) is 5.22. The monoisotopic (exact) mass is 194 g/mol. The minimum atomic E-state index is -0.604. The normalized spacial score (nSPS) is 20.5. The van der Waals surface area contributed by atoms with Crippen LogP contribution in [0.1, 0.15) is 20.8 Å². The highest BCUT2D eigenvalue weighted by Gasteiger charge is 2.31. The number of carbonyl (C=O) groups is 2. The van der Waals surface area contributed by atoms with Crippen molar-refractivity contribution < 1.29 is 14.3 Å². The number of rotatable bonds is 1. The Morgan fingerprint density at radius 1 is 1.14 bits per heavy atom. The summed E-state index contributed by atoms with van der Waals surface area (Å²) in [6.07, 6.45) is 4.45. The van der Waals surface area contributed by atoms with E-state index >= 15 is 0 Å². The van der Waals surface area contributed by atoms with Gasteiger partial charge < -0.3 is 4.74 Å². The molecule has 0 aromatic carbocycles. The molecule has 0 radical (unpaired) electrons. The first kappa shape index (κ1) is 12.4. The van der Waals surface area contributed by atoms with Crippen LogP contribution in [0.2, 0.25) is 0 Å². The molecule has 1 heterocycles. The number of carbonyl (C=O) groups excluding carboxylic acids is 2. The SMILES string of the molecule is C=C/C=C1/C(=O)OC(=O)/C1=C/C.CC. The Balaban J connectivity index is 0.000000791. The van der Waals surface area contributed by atoms with Crippen molar-refractivity contribution in [2.24, 2.45) is 0 Å². The third-order valence-corrected chi connectivity index (χ3v) is 1.49. The molecule has 0 aromatic heterocycles. The van der Waals surface area contributed by atoms with Gasteiger partial charge in [-0.3, -0.25) is 0 Å². The predicted octanol–water partition coefficient (Wildman–Crippen LogP) is 2.15. The van der Waals surface area contributed by atoms with Crippen LogP contribution >= 0.6 is 0 Å². The van der Waals surface area contributed by atoms with Crippen LogP contribution < -0.4 is 0 Å². The second-order valence-corrected chi connectivity index (χ2v) is 2.20. The summed E-state index contributed by atoms with van der Waals surface area (Å²) in [5.41, 5.74) is 0.581. The first-order valence-corrected chi connectivity index (χ1v) is 4.46. The highest BCUT2D eigenvalue weighted by Crippen LogP contribution is 2.21. The summed E-state index contributed by atoms with van der Waals surface area (Å²) in [5.74, 6) is -1.19. The lowest BCUT2D eigenvalue weighted by Gasteiger charge is -1.87. The molecule has 1 rings (SSSR count). The summed E-state index contributed by atoms with van der Waals surface area (Å²) in [6.45, 7) is 9.10. The molecule has 3 nitrogen and oxygen atoms in total. The molecule has 0 spiro atoms. The highest BCUT2D eigenvalue weighted by molar-refractivity contribution is 6.18. The van der Waals surface area contributed by atoms with Crippen LogP contribution in [-0.4, -0.2) is 11.9 Å². The van der Waals surface area contributed by atoms with Gasteiger partial charge in [0.1, 0.15) is 0 Å². The second-order valence-electron chi connectivity index (χ2n) is 2.20. The van der Waals surface area contributed by atoms with E-state index in [0.29, 0.717) is 5.57 Å². The lowest BCUT2D eigenvalue weighted by molar-refractivity contribution is -0.149. The van der Waals surface area contributed by atoms with Crippen molar-refractivity contribution in [1.29, 1.82) is 0 Å². The molecule has 0 aliphatic carbocycles. The molecule has 0 bridgehead atoms. The van der Waals surface area contributed by atoms with Crippen LogP contribution in [0.15, 0.2) is 36.0 Å². The minimum Gasteiger partial charge on any atom is -0.386 e. The van der Waals surface area contributed by atoms with Crippen LogP contribution in [0.4, 0.5) is 0 Å². The van der Waals surface area contributed by atoms with Crippen LogP contribution in [0.3, 0.4) is 0 Å². The topological polar surface area (TPSA) is 43.4 Å². The maximum absolute atomic E-state index is 10.9. The van der Waals surface area contributed by atoms with Gasteiger partial charge in [0.15, 0.2) is 0 Å². The lowest BCUT2D eigenvalue weighted by atomic mass is 10.1. The van der Waals surface area contributed by atoms with Gasteiger partial charge in [0.25, 0.3) is 0 Å². The van der Waals surface area contributed by atoms with E-state index in [1.807, 2.05) is 13.8 Å². The van der Waals surface area contributed by atoms with E-state index in [0.717, 1.165) is 0 Å². The molecule has 0 N–H and O–H groups in total. The van der Waals surface area contributed by atoms with Crippen molar-refractivity contribution in [2.45, 2.75) is 20.8 Å². The first-order chi connectivity index (χ1) is 6.70. The fourth-order valence-corrected chi connectivity index (χ4v) is 0.963. The van der Waals surface area contributed by atoms with E-state index in [4.69, 9.17) is 0 Å². The van der Waals surface area contributed by atoms with Gasteiger partial charge in [-0.25, -0.2) is 9.59 Å². The van der Waals surface area contributed by atoms with E-state index < -0.39 is 11.9 Å². The second kappa shape index (κ2) is 5.91. The number of allylic oxidation sites excluding steroid dienone is 3. The smallest absolute Gasteiger partial charge is 0.346 e. The molecule has 76 valence electrons. The molecule has 1 aliphatic rings. The molecule has 1 saturated heterocycles. The van der Waals surface area contributed by atoms with Gasteiger partial charge in [0.05, 0.1) is 11.1 Å². The van der Waals surface area contributed by atoms with E-state index in [-0.39, 0.29) is 5.57 Å². The zero-order valence-electron chi connectivity index (χ0n) is 8.66. The van der Waals surface area contributed by atoms with E-state index in [9.17, 15) is 9.59 Å². The fourth-order valence-electron chi connectivity index (χ4n) is 0.963. The van der Waals surface area contributed by atoms with Crippen molar-refractivity contribution in [3.8, 4) is 0 Å². The summed E-state index contributed by atoms with van der Waals surface area (Å²) < 4.78 is 4.37. The van der Waals surface area contributed by atoms with Gasteiger partial charge in [-0.1, -0.05) is 32.6 Å². The van der Waals surface area contributed by atoms with Gasteiger partial charge in [0, 0.05) is 0 Å². The molecule has 0 saturated carbocycles. The molecule has 0 amide bonds. The fraction of sp³-hybridized carbons (Fsp3) is 0.273. The average Bonchev–Trinajstić information content (AvgIpc) is 2.45. The van der Waals surface area contributed by atoms with Crippen LogP contribution in [0.25, 0.3) is 0 Å². The van der Waals surface area contributed by atoms with Crippen molar-refractivity contribution >= 4 is 11.9 Å². The molecule has 14 heavy (non-hydrogen) atoms. The Morgan fingerprint density at radius 2 is 1.64 bits per heavy atom. The van der Waals surface area contributed by atoms with Gasteiger partial charge >= 0.3 is 11.9 Å². The van der Waals surface area contributed by atoms with Crippen LogP contribution in [-0.2, 0) is 14.3 Å². The third kappa shape index (κ3) is 2.42. The summed E-state index contributed by atoms with van der Waals surface area (Å²) in [5, 5.41) is 0. The molecule has 0 atom stereocenters. The van der Waals surface area contributed by atoms with Gasteiger partial charge in [-0.15, -0.1) is 0 Å². The summed E-state index contributed by atoms with van der Waals surface area (Å²) in [6, 6.07) is 0. The standard InChI is InChI=1S/C9H8O3.C2H6/c1-3-5-7-6(4-2)8(10)12-9(7)11;1-2/h3-5H,1H2,2H3;1-2H3/b6-4+,7-5+;. The van der Waals surface area contributed by atoms with Crippen molar-refractivity contribution in [3.63, 3.8) is 0 Å². The number of hydrogen-bond acceptors (Lipinski definition) is 3. The maximum atomic E-state index is 10.9. The quantitative estimate of drug-likeness (QED) is 0.365. The Bertz CT molecular complexity index is 308. The average molecular weight is 194 g/mol. The van der Waals surface area contributed by atoms with E-state index in [1.54, 1.807) is 13.0 Å². The molecule has 3 heteroatoms.